The average Bonchev–Trinajstić information content (AvgIpc) is 3.91. The molecule has 5 heteroatoms. The summed E-state index contributed by atoms with van der Waals surface area (Å²) in [4.78, 5) is 11.1. The third-order valence-electron chi connectivity index (χ3n) is 10.8. The summed E-state index contributed by atoms with van der Waals surface area (Å²) in [6.07, 6.45) is 0. The maximum Gasteiger partial charge on any atom is 0.236 e. The van der Waals surface area contributed by atoms with E-state index in [1.807, 2.05) is 6.07 Å². The molecule has 0 bridgehead atoms. The second-order valence-electron chi connectivity index (χ2n) is 13.7. The lowest BCUT2D eigenvalue weighted by atomic mass is 9.98. The molecule has 8 aromatic carbocycles. The molecule has 12 aromatic rings. The van der Waals surface area contributed by atoms with Crippen molar-refractivity contribution in [3.8, 4) is 28.3 Å². The molecule has 0 aliphatic carbocycles. The van der Waals surface area contributed by atoms with Gasteiger partial charge in [0.2, 0.25) is 5.95 Å². The van der Waals surface area contributed by atoms with Crippen LogP contribution in [-0.2, 0) is 0 Å². The third kappa shape index (κ3) is 4.05. The lowest BCUT2D eigenvalue weighted by molar-refractivity contribution is 0.671. The van der Waals surface area contributed by atoms with E-state index in [4.69, 9.17) is 14.4 Å². The average molecular weight is 694 g/mol. The van der Waals surface area contributed by atoms with Gasteiger partial charge in [-0.15, -0.1) is 11.3 Å². The highest BCUT2D eigenvalue weighted by atomic mass is 32.1. The second kappa shape index (κ2) is 10.8. The molecule has 4 aromatic heterocycles. The number of aromatic nitrogens is 3. The molecule has 4 nitrogen and oxygen atoms in total. The number of thiophene rings is 1. The number of benzene rings is 8. The first-order valence-electron chi connectivity index (χ1n) is 17.8. The first-order valence-corrected chi connectivity index (χ1v) is 18.7. The quantitative estimate of drug-likeness (QED) is 0.185. The molecule has 0 saturated carbocycles. The highest BCUT2D eigenvalue weighted by Crippen LogP contribution is 2.47. The summed E-state index contributed by atoms with van der Waals surface area (Å²) in [7, 11) is 0. The van der Waals surface area contributed by atoms with Crippen LogP contribution in [0.4, 0.5) is 0 Å². The van der Waals surface area contributed by atoms with E-state index >= 15 is 0 Å². The molecule has 0 unspecified atom stereocenters. The monoisotopic (exact) mass is 693 g/mol. The van der Waals surface area contributed by atoms with Crippen LogP contribution in [0, 0.1) is 0 Å². The highest BCUT2D eigenvalue weighted by molar-refractivity contribution is 7.26. The molecule has 0 N–H and O–H groups in total. The molecule has 12 rings (SSSR count). The van der Waals surface area contributed by atoms with E-state index in [9.17, 15) is 0 Å². The fraction of sp³-hybridized carbons (Fsp3) is 0. The molecule has 0 spiro atoms. The fourth-order valence-corrected chi connectivity index (χ4v) is 9.61. The molecular formula is C48H27N3OS. The number of nitrogens with zero attached hydrogens (tertiary/aromatic N) is 3. The topological polar surface area (TPSA) is 43.9 Å². The van der Waals surface area contributed by atoms with Crippen molar-refractivity contribution in [3.63, 3.8) is 0 Å². The molecule has 4 heterocycles. The van der Waals surface area contributed by atoms with Gasteiger partial charge < -0.3 is 4.42 Å². The van der Waals surface area contributed by atoms with E-state index in [1.165, 1.54) is 26.6 Å². The molecule has 0 aliphatic heterocycles. The van der Waals surface area contributed by atoms with Crippen LogP contribution in [-0.4, -0.2) is 14.5 Å². The molecule has 0 fully saturated rings. The zero-order chi connectivity index (χ0) is 34.6. The van der Waals surface area contributed by atoms with E-state index in [-0.39, 0.29) is 0 Å². The van der Waals surface area contributed by atoms with Gasteiger partial charge in [-0.3, -0.25) is 4.57 Å². The Morgan fingerprint density at radius 1 is 0.453 bits per heavy atom. The largest absolute Gasteiger partial charge is 0.454 e. The van der Waals surface area contributed by atoms with E-state index in [0.717, 1.165) is 81.4 Å². The molecule has 246 valence electrons. The Kier molecular flexibility index (Phi) is 5.90. The first-order chi connectivity index (χ1) is 26.3. The molecule has 0 amide bonds. The SMILES string of the molecule is c1ccc(-c2ccc(-c3nc(-n4c5c6ccccc6ccc5c5c6ccccc6c6c7ccccc7oc6c54)nc4c3sc3ccccc34)cc2)cc1. The zero-order valence-corrected chi connectivity index (χ0v) is 29.1. The van der Waals surface area contributed by atoms with Gasteiger partial charge in [0, 0.05) is 42.6 Å². The van der Waals surface area contributed by atoms with E-state index in [1.54, 1.807) is 11.3 Å². The summed E-state index contributed by atoms with van der Waals surface area (Å²) in [5.41, 5.74) is 9.03. The normalized spacial score (nSPS) is 12.2. The maximum atomic E-state index is 6.92. The Balaban J connectivity index is 1.28. The van der Waals surface area contributed by atoms with Crippen molar-refractivity contribution in [1.82, 2.24) is 14.5 Å². The number of hydrogen-bond donors (Lipinski definition) is 0. The van der Waals surface area contributed by atoms with Crippen molar-refractivity contribution in [2.75, 3.05) is 0 Å². The highest BCUT2D eigenvalue weighted by Gasteiger charge is 2.26. The summed E-state index contributed by atoms with van der Waals surface area (Å²) in [5, 5.41) is 10.3. The summed E-state index contributed by atoms with van der Waals surface area (Å²) < 4.78 is 11.5. The lowest BCUT2D eigenvalue weighted by Crippen LogP contribution is -2.03. The van der Waals surface area contributed by atoms with Crippen molar-refractivity contribution < 1.29 is 4.42 Å². The van der Waals surface area contributed by atoms with Crippen molar-refractivity contribution in [1.29, 1.82) is 0 Å². The lowest BCUT2D eigenvalue weighted by Gasteiger charge is -2.12. The Bertz CT molecular complexity index is 3450. The van der Waals surface area contributed by atoms with E-state index < -0.39 is 0 Å². The molecular weight excluding hydrogens is 667 g/mol. The van der Waals surface area contributed by atoms with E-state index in [0.29, 0.717) is 5.95 Å². The summed E-state index contributed by atoms with van der Waals surface area (Å²) in [6, 6.07) is 58.1. The van der Waals surface area contributed by atoms with Crippen LogP contribution < -0.4 is 0 Å². The summed E-state index contributed by atoms with van der Waals surface area (Å²) >= 11 is 1.75. The second-order valence-corrected chi connectivity index (χ2v) is 14.7. The predicted molar refractivity (Wildman–Crippen MR) is 222 cm³/mol. The molecule has 0 atom stereocenters. The number of fused-ring (bicyclic) bond motifs is 15. The van der Waals surface area contributed by atoms with Gasteiger partial charge in [-0.05, 0) is 39.4 Å². The summed E-state index contributed by atoms with van der Waals surface area (Å²) in [6.45, 7) is 0. The van der Waals surface area contributed by atoms with Crippen molar-refractivity contribution >= 4 is 96.9 Å². The molecule has 0 aliphatic rings. The molecule has 0 radical (unpaired) electrons. The Morgan fingerprint density at radius 2 is 1.09 bits per heavy atom. The minimum absolute atomic E-state index is 0.622. The number of furan rings is 1. The minimum Gasteiger partial charge on any atom is -0.454 e. The van der Waals surface area contributed by atoms with Gasteiger partial charge in [0.15, 0.2) is 5.58 Å². The number of para-hydroxylation sites is 1. The Morgan fingerprint density at radius 3 is 1.92 bits per heavy atom. The van der Waals surface area contributed by atoms with Gasteiger partial charge >= 0.3 is 0 Å². The van der Waals surface area contributed by atoms with Crippen LogP contribution in [0.5, 0.6) is 0 Å². The standard InChI is InChI=1S/C48H27N3OS/c1-2-12-28(13-3-1)29-22-24-31(25-23-29)42-47-43(36-19-9-11-21-39(36)53-47)50-48(49-42)51-44-32-15-5-4-14-30(32)26-27-37(44)40-33-16-6-7-17-34(33)41-35-18-8-10-20-38(35)52-46(41)45(40)51/h1-27H. The first kappa shape index (κ1) is 28.8. The Labute approximate surface area is 306 Å². The van der Waals surface area contributed by atoms with Crippen LogP contribution in [0.3, 0.4) is 0 Å². The fourth-order valence-electron chi connectivity index (χ4n) is 8.46. The van der Waals surface area contributed by atoms with Crippen LogP contribution in [0.15, 0.2) is 168 Å². The third-order valence-corrected chi connectivity index (χ3v) is 12.0. The predicted octanol–water partition coefficient (Wildman–Crippen LogP) is 13.5. The van der Waals surface area contributed by atoms with Gasteiger partial charge in [-0.1, -0.05) is 152 Å². The molecule has 53 heavy (non-hydrogen) atoms. The molecule has 0 saturated heterocycles. The van der Waals surface area contributed by atoms with Gasteiger partial charge in [-0.2, -0.15) is 0 Å². The van der Waals surface area contributed by atoms with Crippen molar-refractivity contribution in [2.24, 2.45) is 0 Å². The van der Waals surface area contributed by atoms with Crippen LogP contribution in [0.25, 0.3) is 114 Å². The Hall–Kier alpha value is -6.82. The van der Waals surface area contributed by atoms with Gasteiger partial charge in [0.05, 0.1) is 21.4 Å². The van der Waals surface area contributed by atoms with E-state index in [2.05, 4.69) is 162 Å². The van der Waals surface area contributed by atoms with Crippen molar-refractivity contribution in [2.45, 2.75) is 0 Å². The van der Waals surface area contributed by atoms with Crippen LogP contribution in [0.2, 0.25) is 0 Å². The van der Waals surface area contributed by atoms with Gasteiger partial charge in [-0.25, -0.2) is 9.97 Å². The van der Waals surface area contributed by atoms with Gasteiger partial charge in [0.25, 0.3) is 0 Å². The maximum absolute atomic E-state index is 6.92. The zero-order valence-electron chi connectivity index (χ0n) is 28.2. The van der Waals surface area contributed by atoms with Gasteiger partial charge in [0.1, 0.15) is 11.1 Å². The van der Waals surface area contributed by atoms with Crippen molar-refractivity contribution in [3.05, 3.63) is 164 Å². The number of hydrogen-bond acceptors (Lipinski definition) is 4. The number of rotatable bonds is 3. The minimum atomic E-state index is 0.622. The smallest absolute Gasteiger partial charge is 0.236 e. The summed E-state index contributed by atoms with van der Waals surface area (Å²) in [5.74, 6) is 0.622. The van der Waals surface area contributed by atoms with Crippen LogP contribution >= 0.6 is 11.3 Å². The van der Waals surface area contributed by atoms with Crippen LogP contribution in [0.1, 0.15) is 0 Å².